The average molecular weight is 154 g/mol. The lowest BCUT2D eigenvalue weighted by atomic mass is 9.86. The van der Waals surface area contributed by atoms with E-state index in [2.05, 4.69) is 33.8 Å². The summed E-state index contributed by atoms with van der Waals surface area (Å²) in [4.78, 5) is 0. The summed E-state index contributed by atoms with van der Waals surface area (Å²) in [5, 5.41) is 0. The molecule has 1 heterocycles. The molecule has 0 fully saturated rings. The predicted molar refractivity (Wildman–Crippen MR) is 47.2 cm³/mol. The van der Waals surface area contributed by atoms with Gasteiger partial charge in [-0.15, -0.1) is 0 Å². The lowest BCUT2D eigenvalue weighted by Gasteiger charge is -2.24. The fraction of sp³-hybridized carbons (Fsp3) is 0.800. The Morgan fingerprint density at radius 2 is 1.73 bits per heavy atom. The van der Waals surface area contributed by atoms with Crippen molar-refractivity contribution in [2.75, 3.05) is 0 Å². The molecule has 0 saturated carbocycles. The third kappa shape index (κ3) is 1.76. The maximum Gasteiger partial charge on any atom is 0.107 e. The summed E-state index contributed by atoms with van der Waals surface area (Å²) in [6.07, 6.45) is 4.46. The SMILES string of the molecule is CC(C)C1C=COC1C(C)C. The van der Waals surface area contributed by atoms with Crippen molar-refractivity contribution in [1.82, 2.24) is 0 Å². The van der Waals surface area contributed by atoms with Gasteiger partial charge in [0.05, 0.1) is 6.26 Å². The van der Waals surface area contributed by atoms with E-state index in [1.54, 1.807) is 0 Å². The molecule has 1 heteroatoms. The molecule has 0 aromatic carbocycles. The van der Waals surface area contributed by atoms with Crippen molar-refractivity contribution in [3.8, 4) is 0 Å². The second-order valence-electron chi connectivity index (χ2n) is 3.99. The second kappa shape index (κ2) is 3.29. The van der Waals surface area contributed by atoms with E-state index in [0.717, 1.165) is 0 Å². The largest absolute Gasteiger partial charge is 0.497 e. The molecule has 1 aliphatic heterocycles. The van der Waals surface area contributed by atoms with Gasteiger partial charge in [0.1, 0.15) is 6.10 Å². The first-order valence-electron chi connectivity index (χ1n) is 4.45. The molecule has 2 unspecified atom stereocenters. The molecule has 1 aliphatic rings. The quantitative estimate of drug-likeness (QED) is 0.594. The summed E-state index contributed by atoms with van der Waals surface area (Å²) in [7, 11) is 0. The molecule has 0 aromatic rings. The fourth-order valence-electron chi connectivity index (χ4n) is 1.63. The van der Waals surface area contributed by atoms with Gasteiger partial charge in [-0.3, -0.25) is 0 Å². The Bertz CT molecular complexity index is 147. The molecule has 11 heavy (non-hydrogen) atoms. The van der Waals surface area contributed by atoms with Gasteiger partial charge in [-0.2, -0.15) is 0 Å². The van der Waals surface area contributed by atoms with Crippen LogP contribution in [0.25, 0.3) is 0 Å². The van der Waals surface area contributed by atoms with Crippen LogP contribution in [0.3, 0.4) is 0 Å². The number of hydrogen-bond donors (Lipinski definition) is 0. The summed E-state index contributed by atoms with van der Waals surface area (Å²) in [6, 6.07) is 0. The maximum atomic E-state index is 5.51. The Balaban J connectivity index is 2.56. The fourth-order valence-corrected chi connectivity index (χ4v) is 1.63. The minimum absolute atomic E-state index is 0.412. The molecule has 1 nitrogen and oxygen atoms in total. The Hall–Kier alpha value is -0.460. The van der Waals surface area contributed by atoms with E-state index >= 15 is 0 Å². The van der Waals surface area contributed by atoms with Gasteiger partial charge >= 0.3 is 0 Å². The minimum atomic E-state index is 0.412. The minimum Gasteiger partial charge on any atom is -0.497 e. The van der Waals surface area contributed by atoms with E-state index in [1.165, 1.54) is 0 Å². The Kier molecular flexibility index (Phi) is 2.58. The van der Waals surface area contributed by atoms with Gasteiger partial charge in [-0.05, 0) is 17.9 Å². The van der Waals surface area contributed by atoms with Crippen LogP contribution in [0.1, 0.15) is 27.7 Å². The third-order valence-corrected chi connectivity index (χ3v) is 2.34. The third-order valence-electron chi connectivity index (χ3n) is 2.34. The second-order valence-corrected chi connectivity index (χ2v) is 3.99. The smallest absolute Gasteiger partial charge is 0.107 e. The van der Waals surface area contributed by atoms with Crippen LogP contribution in [0.15, 0.2) is 12.3 Å². The van der Waals surface area contributed by atoms with Gasteiger partial charge in [-0.1, -0.05) is 27.7 Å². The first-order valence-corrected chi connectivity index (χ1v) is 4.45. The normalized spacial score (nSPS) is 30.0. The summed E-state index contributed by atoms with van der Waals surface area (Å²) in [5.41, 5.74) is 0. The van der Waals surface area contributed by atoms with E-state index in [1.807, 2.05) is 6.26 Å². The molecule has 0 bridgehead atoms. The first kappa shape index (κ1) is 8.63. The molecule has 0 aromatic heterocycles. The van der Waals surface area contributed by atoms with Gasteiger partial charge in [-0.25, -0.2) is 0 Å². The summed E-state index contributed by atoms with van der Waals surface area (Å²) >= 11 is 0. The zero-order valence-electron chi connectivity index (χ0n) is 7.87. The molecule has 2 atom stereocenters. The lowest BCUT2D eigenvalue weighted by molar-refractivity contribution is 0.0744. The van der Waals surface area contributed by atoms with Gasteiger partial charge in [0.2, 0.25) is 0 Å². The van der Waals surface area contributed by atoms with Crippen LogP contribution in [0.5, 0.6) is 0 Å². The van der Waals surface area contributed by atoms with Crippen LogP contribution in [-0.4, -0.2) is 6.10 Å². The first-order chi connectivity index (χ1) is 5.13. The van der Waals surface area contributed by atoms with E-state index in [0.29, 0.717) is 23.9 Å². The van der Waals surface area contributed by atoms with Gasteiger partial charge in [0.25, 0.3) is 0 Å². The molecule has 0 amide bonds. The highest BCUT2D eigenvalue weighted by molar-refractivity contribution is 4.97. The zero-order valence-corrected chi connectivity index (χ0v) is 7.87. The number of ether oxygens (including phenoxy) is 1. The molecule has 0 aliphatic carbocycles. The van der Waals surface area contributed by atoms with E-state index in [9.17, 15) is 0 Å². The van der Waals surface area contributed by atoms with Crippen LogP contribution in [0.4, 0.5) is 0 Å². The van der Waals surface area contributed by atoms with E-state index in [4.69, 9.17) is 4.74 Å². The monoisotopic (exact) mass is 154 g/mol. The van der Waals surface area contributed by atoms with Crippen LogP contribution >= 0.6 is 0 Å². The molecule has 64 valence electrons. The average Bonchev–Trinajstić information content (AvgIpc) is 2.32. The van der Waals surface area contributed by atoms with Crippen molar-refractivity contribution in [1.29, 1.82) is 0 Å². The highest BCUT2D eigenvalue weighted by atomic mass is 16.5. The Labute approximate surface area is 69.4 Å². The Morgan fingerprint density at radius 1 is 1.09 bits per heavy atom. The van der Waals surface area contributed by atoms with Crippen molar-refractivity contribution in [3.05, 3.63) is 12.3 Å². The highest BCUT2D eigenvalue weighted by Gasteiger charge is 2.29. The van der Waals surface area contributed by atoms with Crippen LogP contribution in [0.2, 0.25) is 0 Å². The molecular formula is C10H18O. The molecule has 1 rings (SSSR count). The molecule has 0 saturated heterocycles. The topological polar surface area (TPSA) is 9.23 Å². The van der Waals surface area contributed by atoms with Gasteiger partial charge in [0, 0.05) is 5.92 Å². The maximum absolute atomic E-state index is 5.51. The van der Waals surface area contributed by atoms with Crippen LogP contribution in [0, 0.1) is 17.8 Å². The number of hydrogen-bond acceptors (Lipinski definition) is 1. The van der Waals surface area contributed by atoms with Crippen LogP contribution in [-0.2, 0) is 4.74 Å². The molecular weight excluding hydrogens is 136 g/mol. The van der Waals surface area contributed by atoms with Crippen molar-refractivity contribution in [2.45, 2.75) is 33.8 Å². The van der Waals surface area contributed by atoms with Gasteiger partial charge in [0.15, 0.2) is 0 Å². The summed E-state index contributed by atoms with van der Waals surface area (Å²) in [6.45, 7) is 8.93. The Morgan fingerprint density at radius 3 is 2.09 bits per heavy atom. The van der Waals surface area contributed by atoms with E-state index in [-0.39, 0.29) is 0 Å². The summed E-state index contributed by atoms with van der Waals surface area (Å²) in [5.74, 6) is 1.94. The molecule has 0 spiro atoms. The van der Waals surface area contributed by atoms with E-state index < -0.39 is 0 Å². The van der Waals surface area contributed by atoms with Crippen molar-refractivity contribution >= 4 is 0 Å². The molecule has 0 N–H and O–H groups in total. The van der Waals surface area contributed by atoms with Crippen molar-refractivity contribution < 1.29 is 4.74 Å². The van der Waals surface area contributed by atoms with Crippen molar-refractivity contribution in [3.63, 3.8) is 0 Å². The molecule has 0 radical (unpaired) electrons. The number of rotatable bonds is 2. The van der Waals surface area contributed by atoms with Gasteiger partial charge < -0.3 is 4.74 Å². The lowest BCUT2D eigenvalue weighted by Crippen LogP contribution is -2.26. The van der Waals surface area contributed by atoms with Crippen molar-refractivity contribution in [2.24, 2.45) is 17.8 Å². The summed E-state index contributed by atoms with van der Waals surface area (Å²) < 4.78 is 5.51. The highest BCUT2D eigenvalue weighted by Crippen LogP contribution is 2.29. The van der Waals surface area contributed by atoms with Crippen LogP contribution < -0.4 is 0 Å². The predicted octanol–water partition coefficient (Wildman–Crippen LogP) is 2.83. The standard InChI is InChI=1S/C10H18O/c1-7(2)9-5-6-11-10(9)8(3)4/h5-10H,1-4H3. The zero-order chi connectivity index (χ0) is 8.43.